The Kier molecular flexibility index (Phi) is 4.45. The van der Waals surface area contributed by atoms with E-state index in [-0.39, 0.29) is 17.3 Å². The molecule has 2 aromatic heterocycles. The predicted molar refractivity (Wildman–Crippen MR) is 119 cm³/mol. The average Bonchev–Trinajstić information content (AvgIpc) is 3.17. The van der Waals surface area contributed by atoms with E-state index in [0.717, 1.165) is 10.1 Å². The van der Waals surface area contributed by atoms with Crippen molar-refractivity contribution in [1.82, 2.24) is 9.66 Å². The van der Waals surface area contributed by atoms with Crippen molar-refractivity contribution in [3.8, 4) is 23.1 Å². The van der Waals surface area contributed by atoms with Gasteiger partial charge in [0.1, 0.15) is 17.1 Å². The van der Waals surface area contributed by atoms with E-state index in [1.807, 2.05) is 0 Å². The summed E-state index contributed by atoms with van der Waals surface area (Å²) in [5, 5.41) is 25.5. The Morgan fingerprint density at radius 3 is 2.71 bits per heavy atom. The molecule has 0 spiro atoms. The van der Waals surface area contributed by atoms with E-state index in [9.17, 15) is 15.0 Å². The zero-order chi connectivity index (χ0) is 21.5. The SMILES string of the molecule is O=c1c2ccccc2nc(-c2cc3cc(Cl)ccc3o2)n1N=Cc1ccc(O)cc1O. The molecule has 7 nitrogen and oxygen atoms in total. The molecule has 0 aliphatic carbocycles. The predicted octanol–water partition coefficient (Wildman–Crippen LogP) is 4.76. The van der Waals surface area contributed by atoms with Crippen molar-refractivity contribution in [2.24, 2.45) is 5.10 Å². The van der Waals surface area contributed by atoms with Gasteiger partial charge in [-0.25, -0.2) is 4.98 Å². The van der Waals surface area contributed by atoms with Crippen LogP contribution in [0.15, 0.2) is 81.0 Å². The lowest BCUT2D eigenvalue weighted by Crippen LogP contribution is -2.20. The van der Waals surface area contributed by atoms with Gasteiger partial charge in [0.05, 0.1) is 17.1 Å². The first kappa shape index (κ1) is 18.9. The fourth-order valence-corrected chi connectivity index (χ4v) is 3.46. The number of halogens is 1. The molecule has 5 aromatic rings. The van der Waals surface area contributed by atoms with Gasteiger partial charge in [0.2, 0.25) is 5.82 Å². The van der Waals surface area contributed by atoms with Crippen molar-refractivity contribution in [2.45, 2.75) is 0 Å². The molecule has 31 heavy (non-hydrogen) atoms. The van der Waals surface area contributed by atoms with Crippen LogP contribution in [-0.4, -0.2) is 26.1 Å². The number of hydrogen-bond acceptors (Lipinski definition) is 6. The summed E-state index contributed by atoms with van der Waals surface area (Å²) < 4.78 is 7.03. The molecule has 2 heterocycles. The second-order valence-corrected chi connectivity index (χ2v) is 7.29. The minimum Gasteiger partial charge on any atom is -0.508 e. The number of phenolic OH excluding ortho intramolecular Hbond substituents is 2. The molecule has 8 heteroatoms. The van der Waals surface area contributed by atoms with E-state index in [0.29, 0.717) is 32.8 Å². The Bertz CT molecular complexity index is 1550. The highest BCUT2D eigenvalue weighted by atomic mass is 35.5. The van der Waals surface area contributed by atoms with Crippen LogP contribution in [0.5, 0.6) is 11.5 Å². The largest absolute Gasteiger partial charge is 0.508 e. The van der Waals surface area contributed by atoms with Crippen molar-refractivity contribution in [3.63, 3.8) is 0 Å². The zero-order valence-electron chi connectivity index (χ0n) is 15.9. The number of fused-ring (bicyclic) bond motifs is 2. The lowest BCUT2D eigenvalue weighted by molar-refractivity contribution is 0.450. The molecule has 0 atom stereocenters. The molecule has 0 amide bonds. The van der Waals surface area contributed by atoms with Gasteiger partial charge in [-0.2, -0.15) is 9.78 Å². The summed E-state index contributed by atoms with van der Waals surface area (Å²) in [4.78, 5) is 17.8. The number of benzene rings is 3. The molecule has 0 saturated heterocycles. The van der Waals surface area contributed by atoms with E-state index in [4.69, 9.17) is 16.0 Å². The average molecular weight is 432 g/mol. The van der Waals surface area contributed by atoms with E-state index < -0.39 is 5.56 Å². The fourth-order valence-electron chi connectivity index (χ4n) is 3.28. The maximum atomic E-state index is 13.2. The molecule has 0 fully saturated rings. The number of phenols is 2. The lowest BCUT2D eigenvalue weighted by atomic mass is 10.2. The Balaban J connectivity index is 1.74. The van der Waals surface area contributed by atoms with Gasteiger partial charge in [-0.3, -0.25) is 4.79 Å². The second kappa shape index (κ2) is 7.30. The number of aromatic nitrogens is 2. The van der Waals surface area contributed by atoms with Gasteiger partial charge in [-0.1, -0.05) is 23.7 Å². The van der Waals surface area contributed by atoms with Gasteiger partial charge in [0.25, 0.3) is 5.56 Å². The van der Waals surface area contributed by atoms with Crippen LogP contribution in [0, 0.1) is 0 Å². The number of hydrogen-bond donors (Lipinski definition) is 2. The fraction of sp³-hybridized carbons (Fsp3) is 0. The van der Waals surface area contributed by atoms with Crippen molar-refractivity contribution < 1.29 is 14.6 Å². The zero-order valence-corrected chi connectivity index (χ0v) is 16.6. The Morgan fingerprint density at radius 2 is 1.87 bits per heavy atom. The van der Waals surface area contributed by atoms with Crippen LogP contribution in [0.2, 0.25) is 5.02 Å². The third-order valence-corrected chi connectivity index (χ3v) is 5.01. The quantitative estimate of drug-likeness (QED) is 0.401. The summed E-state index contributed by atoms with van der Waals surface area (Å²) in [5.41, 5.74) is 1.02. The maximum absolute atomic E-state index is 13.2. The van der Waals surface area contributed by atoms with Gasteiger partial charge in [0, 0.05) is 22.0 Å². The number of aromatic hydroxyl groups is 2. The van der Waals surface area contributed by atoms with Gasteiger partial charge >= 0.3 is 0 Å². The van der Waals surface area contributed by atoms with E-state index in [1.54, 1.807) is 48.5 Å². The Hall–Kier alpha value is -4.10. The summed E-state index contributed by atoms with van der Waals surface area (Å²) in [6, 6.07) is 18.0. The molecule has 0 saturated carbocycles. The molecular weight excluding hydrogens is 418 g/mol. The highest BCUT2D eigenvalue weighted by Gasteiger charge is 2.16. The van der Waals surface area contributed by atoms with Crippen LogP contribution in [-0.2, 0) is 0 Å². The number of furan rings is 1. The minimum absolute atomic E-state index is 0.0826. The first-order chi connectivity index (χ1) is 15.0. The highest BCUT2D eigenvalue weighted by molar-refractivity contribution is 6.31. The molecule has 0 bridgehead atoms. The topological polar surface area (TPSA) is 101 Å². The first-order valence-electron chi connectivity index (χ1n) is 9.27. The summed E-state index contributed by atoms with van der Waals surface area (Å²) in [5.74, 6) is 0.282. The van der Waals surface area contributed by atoms with E-state index in [2.05, 4.69) is 10.1 Å². The molecule has 3 aromatic carbocycles. The summed E-state index contributed by atoms with van der Waals surface area (Å²) >= 11 is 6.07. The summed E-state index contributed by atoms with van der Waals surface area (Å²) in [6.07, 6.45) is 1.32. The summed E-state index contributed by atoms with van der Waals surface area (Å²) in [7, 11) is 0. The molecule has 2 N–H and O–H groups in total. The highest BCUT2D eigenvalue weighted by Crippen LogP contribution is 2.29. The maximum Gasteiger partial charge on any atom is 0.282 e. The molecule has 0 unspecified atom stereocenters. The molecule has 152 valence electrons. The normalized spacial score (nSPS) is 11.6. The second-order valence-electron chi connectivity index (χ2n) is 6.85. The van der Waals surface area contributed by atoms with Crippen LogP contribution in [0.25, 0.3) is 33.5 Å². The molecule has 0 aliphatic rings. The van der Waals surface area contributed by atoms with Crippen LogP contribution in [0.1, 0.15) is 5.56 Å². The van der Waals surface area contributed by atoms with Crippen LogP contribution < -0.4 is 5.56 Å². The number of nitrogens with zero attached hydrogens (tertiary/aromatic N) is 3. The molecular formula is C23H14ClN3O4. The Morgan fingerprint density at radius 1 is 1.03 bits per heavy atom. The smallest absolute Gasteiger partial charge is 0.282 e. The van der Waals surface area contributed by atoms with Crippen LogP contribution >= 0.6 is 11.6 Å². The van der Waals surface area contributed by atoms with Crippen molar-refractivity contribution >= 4 is 39.7 Å². The lowest BCUT2D eigenvalue weighted by Gasteiger charge is -2.07. The molecule has 0 radical (unpaired) electrons. The van der Waals surface area contributed by atoms with Crippen molar-refractivity contribution in [3.05, 3.63) is 87.7 Å². The van der Waals surface area contributed by atoms with Crippen molar-refractivity contribution in [1.29, 1.82) is 0 Å². The van der Waals surface area contributed by atoms with Crippen molar-refractivity contribution in [2.75, 3.05) is 0 Å². The van der Waals surface area contributed by atoms with Crippen LogP contribution in [0.4, 0.5) is 0 Å². The first-order valence-corrected chi connectivity index (χ1v) is 9.65. The standard InChI is InChI=1S/C23H14ClN3O4/c24-15-6-8-20-14(9-15)10-21(31-20)22-26-18-4-2-1-3-17(18)23(30)27(22)25-12-13-5-7-16(28)11-19(13)29/h1-12,28-29H. The van der Waals surface area contributed by atoms with Gasteiger partial charge in [-0.15, -0.1) is 0 Å². The number of para-hydroxylation sites is 1. The minimum atomic E-state index is -0.395. The Labute approximate surface area is 180 Å². The van der Waals surface area contributed by atoms with Gasteiger partial charge in [0.15, 0.2) is 5.76 Å². The number of rotatable bonds is 3. The third kappa shape index (κ3) is 3.41. The molecule has 0 aliphatic heterocycles. The third-order valence-electron chi connectivity index (χ3n) is 4.78. The van der Waals surface area contributed by atoms with Gasteiger partial charge < -0.3 is 14.6 Å². The summed E-state index contributed by atoms with van der Waals surface area (Å²) in [6.45, 7) is 0. The van der Waals surface area contributed by atoms with E-state index in [1.165, 1.54) is 24.4 Å². The molecule has 5 rings (SSSR count). The van der Waals surface area contributed by atoms with E-state index >= 15 is 0 Å². The van der Waals surface area contributed by atoms with Gasteiger partial charge in [-0.05, 0) is 48.5 Å². The monoisotopic (exact) mass is 431 g/mol. The van der Waals surface area contributed by atoms with Crippen LogP contribution in [0.3, 0.4) is 0 Å².